The van der Waals surface area contributed by atoms with Gasteiger partial charge in [-0.3, -0.25) is 0 Å². The normalized spacial score (nSPS) is 13.5. The molecule has 1 N–H and O–H groups in total. The monoisotopic (exact) mass is 332 g/mol. The highest BCUT2D eigenvalue weighted by Gasteiger charge is 2.22. The van der Waals surface area contributed by atoms with Gasteiger partial charge in [-0.05, 0) is 35.7 Å². The summed E-state index contributed by atoms with van der Waals surface area (Å²) >= 11 is 0. The van der Waals surface area contributed by atoms with Gasteiger partial charge in [-0.1, -0.05) is 30.3 Å². The van der Waals surface area contributed by atoms with E-state index in [9.17, 15) is 4.79 Å². The Morgan fingerprint density at radius 2 is 2.04 bits per heavy atom. The van der Waals surface area contributed by atoms with Gasteiger partial charge < -0.3 is 10.2 Å². The standard InChI is InChI=1S/C20H20N4O/c25-20(22-11-8-15-5-2-1-3-6-15)24-12-9-18-17(14-24)13-16-7-4-10-21-19(16)23-18/h1-7,10,13H,8-9,11-12,14H2,(H,22,25). The molecule has 126 valence electrons. The minimum absolute atomic E-state index is 0.00661. The van der Waals surface area contributed by atoms with Crippen molar-refractivity contribution < 1.29 is 4.79 Å². The minimum atomic E-state index is -0.00661. The fraction of sp³-hybridized carbons (Fsp3) is 0.250. The van der Waals surface area contributed by atoms with Crippen molar-refractivity contribution in [1.82, 2.24) is 20.2 Å². The summed E-state index contributed by atoms with van der Waals surface area (Å²) in [4.78, 5) is 23.3. The first-order valence-corrected chi connectivity index (χ1v) is 8.60. The maximum absolute atomic E-state index is 12.4. The number of carbonyl (C=O) groups excluding carboxylic acids is 1. The minimum Gasteiger partial charge on any atom is -0.338 e. The van der Waals surface area contributed by atoms with E-state index in [0.29, 0.717) is 19.6 Å². The van der Waals surface area contributed by atoms with E-state index in [1.807, 2.05) is 35.2 Å². The number of benzene rings is 1. The molecule has 2 amide bonds. The lowest BCUT2D eigenvalue weighted by molar-refractivity contribution is 0.192. The Balaban J connectivity index is 1.39. The number of carbonyl (C=O) groups is 1. The highest BCUT2D eigenvalue weighted by atomic mass is 16.2. The molecule has 2 aromatic heterocycles. The summed E-state index contributed by atoms with van der Waals surface area (Å²) in [5.41, 5.74) is 4.18. The zero-order valence-corrected chi connectivity index (χ0v) is 14.0. The Kier molecular flexibility index (Phi) is 4.29. The van der Waals surface area contributed by atoms with Crippen LogP contribution in [0.5, 0.6) is 0 Å². The van der Waals surface area contributed by atoms with E-state index in [4.69, 9.17) is 0 Å². The van der Waals surface area contributed by atoms with Crippen molar-refractivity contribution in [2.75, 3.05) is 13.1 Å². The third-order valence-electron chi connectivity index (χ3n) is 4.56. The van der Waals surface area contributed by atoms with Gasteiger partial charge in [0.15, 0.2) is 5.65 Å². The SMILES string of the molecule is O=C(NCCc1ccccc1)N1CCc2nc3ncccc3cc2C1. The average molecular weight is 332 g/mol. The van der Waals surface area contributed by atoms with Crippen LogP contribution < -0.4 is 5.32 Å². The zero-order valence-electron chi connectivity index (χ0n) is 14.0. The Labute approximate surface area is 146 Å². The largest absolute Gasteiger partial charge is 0.338 e. The number of nitrogens with zero attached hydrogens (tertiary/aromatic N) is 3. The molecule has 0 saturated carbocycles. The zero-order chi connectivity index (χ0) is 17.1. The molecule has 0 spiro atoms. The van der Waals surface area contributed by atoms with Gasteiger partial charge >= 0.3 is 6.03 Å². The molecule has 5 nitrogen and oxygen atoms in total. The van der Waals surface area contributed by atoms with Gasteiger partial charge in [0.2, 0.25) is 0 Å². The molecule has 5 heteroatoms. The summed E-state index contributed by atoms with van der Waals surface area (Å²) in [6.45, 7) is 1.94. The first-order valence-electron chi connectivity index (χ1n) is 8.60. The van der Waals surface area contributed by atoms with E-state index >= 15 is 0 Å². The van der Waals surface area contributed by atoms with Crippen LogP contribution in [0.2, 0.25) is 0 Å². The predicted octanol–water partition coefficient (Wildman–Crippen LogP) is 2.94. The molecule has 0 unspecified atom stereocenters. The quantitative estimate of drug-likeness (QED) is 0.802. The molecule has 0 radical (unpaired) electrons. The van der Waals surface area contributed by atoms with Crippen molar-refractivity contribution in [3.8, 4) is 0 Å². The van der Waals surface area contributed by atoms with Crippen LogP contribution >= 0.6 is 0 Å². The molecule has 1 aliphatic heterocycles. The van der Waals surface area contributed by atoms with Crippen molar-refractivity contribution >= 4 is 17.1 Å². The van der Waals surface area contributed by atoms with Crippen molar-refractivity contribution in [2.45, 2.75) is 19.4 Å². The fourth-order valence-corrected chi connectivity index (χ4v) is 3.21. The first-order chi connectivity index (χ1) is 12.3. The van der Waals surface area contributed by atoms with Crippen molar-refractivity contribution in [2.24, 2.45) is 0 Å². The number of hydrogen-bond acceptors (Lipinski definition) is 3. The maximum Gasteiger partial charge on any atom is 0.317 e. The van der Waals surface area contributed by atoms with Crippen LogP contribution in [0.4, 0.5) is 4.79 Å². The number of fused-ring (bicyclic) bond motifs is 2. The van der Waals surface area contributed by atoms with Crippen molar-refractivity contribution in [3.63, 3.8) is 0 Å². The van der Waals surface area contributed by atoms with Crippen molar-refractivity contribution in [1.29, 1.82) is 0 Å². The number of aromatic nitrogens is 2. The lowest BCUT2D eigenvalue weighted by Crippen LogP contribution is -2.43. The summed E-state index contributed by atoms with van der Waals surface area (Å²) in [5, 5.41) is 4.04. The third kappa shape index (κ3) is 3.45. The van der Waals surface area contributed by atoms with Crippen LogP contribution in [-0.2, 0) is 19.4 Å². The second-order valence-electron chi connectivity index (χ2n) is 6.28. The van der Waals surface area contributed by atoms with Gasteiger partial charge in [0.05, 0.1) is 0 Å². The first kappa shape index (κ1) is 15.6. The molecule has 1 aliphatic rings. The summed E-state index contributed by atoms with van der Waals surface area (Å²) in [6.07, 6.45) is 3.37. The Morgan fingerprint density at radius 3 is 2.92 bits per heavy atom. The van der Waals surface area contributed by atoms with E-state index in [1.165, 1.54) is 5.56 Å². The van der Waals surface area contributed by atoms with Gasteiger partial charge in [-0.15, -0.1) is 0 Å². The lowest BCUT2D eigenvalue weighted by Gasteiger charge is -2.28. The molecule has 0 aliphatic carbocycles. The molecular formula is C20H20N4O. The molecule has 0 atom stereocenters. The summed E-state index contributed by atoms with van der Waals surface area (Å²) in [5.74, 6) is 0. The van der Waals surface area contributed by atoms with Crippen LogP contribution in [0.25, 0.3) is 11.0 Å². The van der Waals surface area contributed by atoms with Crippen LogP contribution in [0.15, 0.2) is 54.7 Å². The lowest BCUT2D eigenvalue weighted by atomic mass is 10.0. The van der Waals surface area contributed by atoms with E-state index in [1.54, 1.807) is 6.20 Å². The fourth-order valence-electron chi connectivity index (χ4n) is 3.21. The molecule has 0 fully saturated rings. The second kappa shape index (κ2) is 6.89. The van der Waals surface area contributed by atoms with Crippen molar-refractivity contribution in [3.05, 3.63) is 71.5 Å². The second-order valence-corrected chi connectivity index (χ2v) is 6.28. The molecule has 0 bridgehead atoms. The van der Waals surface area contributed by atoms with Crippen LogP contribution in [-0.4, -0.2) is 34.0 Å². The molecule has 3 aromatic rings. The number of amides is 2. The van der Waals surface area contributed by atoms with Crippen LogP contribution in [0.3, 0.4) is 0 Å². The Hall–Kier alpha value is -2.95. The molecule has 3 heterocycles. The third-order valence-corrected chi connectivity index (χ3v) is 4.56. The molecular weight excluding hydrogens is 312 g/mol. The maximum atomic E-state index is 12.4. The number of urea groups is 1. The summed E-state index contributed by atoms with van der Waals surface area (Å²) in [6, 6.07) is 16.2. The van der Waals surface area contributed by atoms with E-state index < -0.39 is 0 Å². The number of rotatable bonds is 3. The summed E-state index contributed by atoms with van der Waals surface area (Å²) in [7, 11) is 0. The van der Waals surface area contributed by atoms with E-state index in [-0.39, 0.29) is 6.03 Å². The summed E-state index contributed by atoms with van der Waals surface area (Å²) < 4.78 is 0. The van der Waals surface area contributed by atoms with Gasteiger partial charge in [0.25, 0.3) is 0 Å². The molecule has 0 saturated heterocycles. The average Bonchev–Trinajstić information content (AvgIpc) is 2.66. The predicted molar refractivity (Wildman–Crippen MR) is 97.2 cm³/mol. The smallest absolute Gasteiger partial charge is 0.317 e. The molecule has 1 aromatic carbocycles. The number of hydrogen-bond donors (Lipinski definition) is 1. The van der Waals surface area contributed by atoms with E-state index in [2.05, 4.69) is 33.5 Å². The van der Waals surface area contributed by atoms with Crippen LogP contribution in [0.1, 0.15) is 16.8 Å². The highest BCUT2D eigenvalue weighted by molar-refractivity contribution is 5.77. The van der Waals surface area contributed by atoms with Gasteiger partial charge in [0.1, 0.15) is 0 Å². The van der Waals surface area contributed by atoms with Gasteiger partial charge in [0, 0.05) is 43.3 Å². The molecule has 25 heavy (non-hydrogen) atoms. The Bertz CT molecular complexity index is 895. The van der Waals surface area contributed by atoms with Crippen LogP contribution in [0, 0.1) is 0 Å². The number of pyridine rings is 2. The topological polar surface area (TPSA) is 58.1 Å². The van der Waals surface area contributed by atoms with E-state index in [0.717, 1.165) is 35.1 Å². The number of nitrogens with one attached hydrogen (secondary N) is 1. The van der Waals surface area contributed by atoms with Gasteiger partial charge in [-0.2, -0.15) is 0 Å². The highest BCUT2D eigenvalue weighted by Crippen LogP contribution is 2.21. The Morgan fingerprint density at radius 1 is 1.16 bits per heavy atom. The van der Waals surface area contributed by atoms with Gasteiger partial charge in [-0.25, -0.2) is 14.8 Å². The molecule has 4 rings (SSSR count).